The molecule has 0 aromatic carbocycles. The summed E-state index contributed by atoms with van der Waals surface area (Å²) in [6.07, 6.45) is 2.08. The largest absolute Gasteiger partial charge is 0.384 e. The van der Waals surface area contributed by atoms with Crippen molar-refractivity contribution in [1.29, 1.82) is 5.26 Å². The van der Waals surface area contributed by atoms with Crippen LogP contribution in [0.3, 0.4) is 0 Å². The maximum Gasteiger partial charge on any atom is 0.100 e. The molecule has 1 aromatic heterocycles. The second kappa shape index (κ2) is 7.80. The molecule has 0 saturated carbocycles. The van der Waals surface area contributed by atoms with Crippen LogP contribution in [0, 0.1) is 11.3 Å². The Bertz CT molecular complexity index is 394. The number of nitriles is 1. The minimum Gasteiger partial charge on any atom is -0.384 e. The van der Waals surface area contributed by atoms with Crippen LogP contribution in [0.1, 0.15) is 17.8 Å². The molecule has 0 spiro atoms. The highest BCUT2D eigenvalue weighted by atomic mass is 16.5. The Kier molecular flexibility index (Phi) is 6.33. The Morgan fingerprint density at radius 2 is 2.22 bits per heavy atom. The lowest BCUT2D eigenvalue weighted by molar-refractivity contribution is 0.199. The van der Waals surface area contributed by atoms with Gasteiger partial charge in [0, 0.05) is 20.1 Å². The van der Waals surface area contributed by atoms with E-state index in [0.29, 0.717) is 13.0 Å². The molecule has 0 bridgehead atoms. The highest BCUT2D eigenvalue weighted by Gasteiger charge is 2.12. The zero-order chi connectivity index (χ0) is 13.4. The average Bonchev–Trinajstić information content (AvgIpc) is 2.69. The maximum atomic E-state index is 8.76. The number of hydrogen-bond acceptors (Lipinski definition) is 5. The molecule has 0 amide bonds. The molecule has 100 valence electrons. The van der Waals surface area contributed by atoms with E-state index in [2.05, 4.69) is 21.3 Å². The number of methoxy groups -OCH3 is 1. The van der Waals surface area contributed by atoms with Gasteiger partial charge in [-0.1, -0.05) is 5.21 Å². The maximum absolute atomic E-state index is 8.76. The fourth-order valence-corrected chi connectivity index (χ4v) is 1.77. The average molecular weight is 251 g/mol. The van der Waals surface area contributed by atoms with E-state index in [1.54, 1.807) is 7.11 Å². The predicted octanol–water partition coefficient (Wildman–Crippen LogP) is 0.485. The van der Waals surface area contributed by atoms with Gasteiger partial charge in [-0.2, -0.15) is 5.26 Å². The molecule has 1 heterocycles. The van der Waals surface area contributed by atoms with Crippen molar-refractivity contribution in [3.8, 4) is 6.07 Å². The van der Waals surface area contributed by atoms with Gasteiger partial charge in [0.25, 0.3) is 0 Å². The lowest BCUT2D eigenvalue weighted by Crippen LogP contribution is -2.17. The Morgan fingerprint density at radius 3 is 2.83 bits per heavy atom. The van der Waals surface area contributed by atoms with Crippen molar-refractivity contribution in [2.75, 3.05) is 34.4 Å². The molecule has 0 saturated heterocycles. The van der Waals surface area contributed by atoms with Crippen LogP contribution >= 0.6 is 0 Å². The smallest absolute Gasteiger partial charge is 0.100 e. The van der Waals surface area contributed by atoms with Crippen LogP contribution in [0.25, 0.3) is 0 Å². The highest BCUT2D eigenvalue weighted by Crippen LogP contribution is 2.08. The van der Waals surface area contributed by atoms with Gasteiger partial charge in [-0.05, 0) is 27.1 Å². The van der Waals surface area contributed by atoms with Gasteiger partial charge in [-0.15, -0.1) is 5.10 Å². The summed E-state index contributed by atoms with van der Waals surface area (Å²) in [6.45, 7) is 2.46. The molecule has 6 nitrogen and oxygen atoms in total. The van der Waals surface area contributed by atoms with Gasteiger partial charge in [0.15, 0.2) is 0 Å². The van der Waals surface area contributed by atoms with Gasteiger partial charge in [0.05, 0.1) is 24.8 Å². The lowest BCUT2D eigenvalue weighted by Gasteiger charge is -2.10. The van der Waals surface area contributed by atoms with Crippen molar-refractivity contribution in [1.82, 2.24) is 19.9 Å². The first kappa shape index (κ1) is 14.6. The Hall–Kier alpha value is -1.45. The monoisotopic (exact) mass is 251 g/mol. The lowest BCUT2D eigenvalue weighted by atomic mass is 10.2. The van der Waals surface area contributed by atoms with Crippen LogP contribution in [-0.4, -0.2) is 54.3 Å². The quantitative estimate of drug-likeness (QED) is 0.672. The molecule has 0 N–H and O–H groups in total. The SMILES string of the molecule is COCCc1c(CC#N)nnn1CCCN(C)C. The number of hydrogen-bond donors (Lipinski definition) is 0. The summed E-state index contributed by atoms with van der Waals surface area (Å²) in [6, 6.07) is 2.12. The fraction of sp³-hybridized carbons (Fsp3) is 0.750. The molecule has 0 fully saturated rings. The molecule has 0 radical (unpaired) electrons. The second-order valence-corrected chi connectivity index (χ2v) is 4.44. The predicted molar refractivity (Wildman–Crippen MR) is 68.1 cm³/mol. The van der Waals surface area contributed by atoms with E-state index in [-0.39, 0.29) is 0 Å². The number of aryl methyl sites for hydroxylation is 1. The van der Waals surface area contributed by atoms with Crippen LogP contribution in [-0.2, 0) is 24.1 Å². The van der Waals surface area contributed by atoms with Gasteiger partial charge in [-0.25, -0.2) is 4.68 Å². The summed E-state index contributed by atoms with van der Waals surface area (Å²) in [4.78, 5) is 2.14. The van der Waals surface area contributed by atoms with Crippen molar-refractivity contribution in [2.45, 2.75) is 25.8 Å². The third kappa shape index (κ3) is 4.43. The summed E-state index contributed by atoms with van der Waals surface area (Å²) in [5.74, 6) is 0. The van der Waals surface area contributed by atoms with Crippen molar-refractivity contribution >= 4 is 0 Å². The van der Waals surface area contributed by atoms with Gasteiger partial charge in [0.1, 0.15) is 5.69 Å². The molecule has 1 rings (SSSR count). The van der Waals surface area contributed by atoms with Gasteiger partial charge in [-0.3, -0.25) is 0 Å². The Labute approximate surface area is 108 Å². The van der Waals surface area contributed by atoms with Crippen LogP contribution in [0.15, 0.2) is 0 Å². The minimum absolute atomic E-state index is 0.312. The zero-order valence-corrected chi connectivity index (χ0v) is 11.4. The second-order valence-electron chi connectivity index (χ2n) is 4.44. The van der Waals surface area contributed by atoms with Crippen molar-refractivity contribution in [3.63, 3.8) is 0 Å². The summed E-state index contributed by atoms with van der Waals surface area (Å²) in [5, 5.41) is 17.0. The van der Waals surface area contributed by atoms with Crippen molar-refractivity contribution in [3.05, 3.63) is 11.4 Å². The highest BCUT2D eigenvalue weighted by molar-refractivity contribution is 5.14. The van der Waals surface area contributed by atoms with Crippen LogP contribution < -0.4 is 0 Å². The molecule has 0 atom stereocenters. The first-order valence-corrected chi connectivity index (χ1v) is 6.11. The summed E-state index contributed by atoms with van der Waals surface area (Å²) < 4.78 is 6.98. The third-order valence-corrected chi connectivity index (χ3v) is 2.68. The number of rotatable bonds is 8. The molecule has 6 heteroatoms. The van der Waals surface area contributed by atoms with Crippen LogP contribution in [0.4, 0.5) is 0 Å². The standard InChI is InChI=1S/C12H21N5O/c1-16(2)8-4-9-17-12(6-10-18-3)11(5-7-13)14-15-17/h4-6,8-10H2,1-3H3. The number of nitrogens with zero attached hydrogens (tertiary/aromatic N) is 5. The minimum atomic E-state index is 0.312. The van der Waals surface area contributed by atoms with E-state index < -0.39 is 0 Å². The van der Waals surface area contributed by atoms with E-state index in [1.807, 2.05) is 18.8 Å². The van der Waals surface area contributed by atoms with Crippen molar-refractivity contribution in [2.24, 2.45) is 0 Å². The summed E-state index contributed by atoms with van der Waals surface area (Å²) >= 11 is 0. The molecule has 18 heavy (non-hydrogen) atoms. The molecule has 0 unspecified atom stereocenters. The third-order valence-electron chi connectivity index (χ3n) is 2.68. The molecule has 0 aliphatic rings. The van der Waals surface area contributed by atoms with E-state index in [9.17, 15) is 0 Å². The van der Waals surface area contributed by atoms with Gasteiger partial charge >= 0.3 is 0 Å². The first-order chi connectivity index (χ1) is 8.69. The number of aromatic nitrogens is 3. The van der Waals surface area contributed by atoms with Crippen LogP contribution in [0.2, 0.25) is 0 Å². The molecule has 0 aliphatic carbocycles. The molecule has 1 aromatic rings. The summed E-state index contributed by atoms with van der Waals surface area (Å²) in [5.41, 5.74) is 1.80. The summed E-state index contributed by atoms with van der Waals surface area (Å²) in [7, 11) is 5.77. The van der Waals surface area contributed by atoms with E-state index in [0.717, 1.165) is 37.3 Å². The van der Waals surface area contributed by atoms with E-state index >= 15 is 0 Å². The molecular weight excluding hydrogens is 230 g/mol. The van der Waals surface area contributed by atoms with Gasteiger partial charge in [0.2, 0.25) is 0 Å². The van der Waals surface area contributed by atoms with Crippen molar-refractivity contribution < 1.29 is 4.74 Å². The van der Waals surface area contributed by atoms with Crippen LogP contribution in [0.5, 0.6) is 0 Å². The first-order valence-electron chi connectivity index (χ1n) is 6.11. The fourth-order valence-electron chi connectivity index (χ4n) is 1.77. The Balaban J connectivity index is 2.67. The molecular formula is C12H21N5O. The topological polar surface area (TPSA) is 67.0 Å². The van der Waals surface area contributed by atoms with Gasteiger partial charge < -0.3 is 9.64 Å². The van der Waals surface area contributed by atoms with E-state index in [1.165, 1.54) is 0 Å². The molecule has 0 aliphatic heterocycles. The zero-order valence-electron chi connectivity index (χ0n) is 11.4. The normalized spacial score (nSPS) is 10.8. The Morgan fingerprint density at radius 1 is 1.44 bits per heavy atom. The van der Waals surface area contributed by atoms with E-state index in [4.69, 9.17) is 10.00 Å². The number of ether oxygens (including phenoxy) is 1.